The van der Waals surface area contributed by atoms with Crippen LogP contribution in [0, 0.1) is 11.2 Å². The topological polar surface area (TPSA) is 112 Å². The lowest BCUT2D eigenvalue weighted by molar-refractivity contribution is -0.123. The molecule has 1 aliphatic rings. The number of halogens is 1. The molecule has 0 saturated carbocycles. The molecule has 10 heteroatoms. The number of amides is 1. The SMILES string of the molecule is CC(C)(C)C(=O)Nc1cncc(-c2cc3c(-c4cc5c(-c6cc(F)cc(OCCN7CCCC7)c6)cccc5[nH]4)n[nH]c3cn2)c1. The van der Waals surface area contributed by atoms with E-state index in [-0.39, 0.29) is 11.7 Å². The van der Waals surface area contributed by atoms with Gasteiger partial charge in [-0.15, -0.1) is 0 Å². The van der Waals surface area contributed by atoms with Gasteiger partial charge in [-0.3, -0.25) is 24.8 Å². The summed E-state index contributed by atoms with van der Waals surface area (Å²) in [5, 5.41) is 12.5. The Morgan fingerprint density at radius 3 is 2.65 bits per heavy atom. The Kier molecular flexibility index (Phi) is 7.74. The van der Waals surface area contributed by atoms with Crippen LogP contribution in [0.2, 0.25) is 0 Å². The lowest BCUT2D eigenvalue weighted by Gasteiger charge is -2.17. The van der Waals surface area contributed by atoms with Crippen LogP contribution < -0.4 is 10.1 Å². The minimum Gasteiger partial charge on any atom is -0.492 e. The molecule has 0 atom stereocenters. The molecule has 234 valence electrons. The highest BCUT2D eigenvalue weighted by Crippen LogP contribution is 2.36. The molecule has 0 unspecified atom stereocenters. The molecular weight excluding hydrogens is 581 g/mol. The van der Waals surface area contributed by atoms with Crippen LogP contribution >= 0.6 is 0 Å². The molecule has 7 rings (SSSR count). The zero-order valence-corrected chi connectivity index (χ0v) is 26.2. The van der Waals surface area contributed by atoms with Gasteiger partial charge >= 0.3 is 0 Å². The van der Waals surface area contributed by atoms with Gasteiger partial charge in [0, 0.05) is 46.1 Å². The van der Waals surface area contributed by atoms with E-state index in [1.54, 1.807) is 24.7 Å². The van der Waals surface area contributed by atoms with Crippen LogP contribution in [0.3, 0.4) is 0 Å². The molecule has 3 N–H and O–H groups in total. The number of carbonyl (C=O) groups excluding carboxylic acids is 1. The van der Waals surface area contributed by atoms with E-state index in [0.29, 0.717) is 23.7 Å². The summed E-state index contributed by atoms with van der Waals surface area (Å²) in [4.78, 5) is 27.4. The van der Waals surface area contributed by atoms with Crippen LogP contribution in [-0.4, -0.2) is 62.2 Å². The van der Waals surface area contributed by atoms with E-state index in [2.05, 4.69) is 35.4 Å². The predicted octanol–water partition coefficient (Wildman–Crippen LogP) is 7.43. The highest BCUT2D eigenvalue weighted by Gasteiger charge is 2.22. The Balaban J connectivity index is 1.19. The summed E-state index contributed by atoms with van der Waals surface area (Å²) in [5.41, 5.74) is 6.41. The first kappa shape index (κ1) is 29.6. The number of nitrogens with zero attached hydrogens (tertiary/aromatic N) is 4. The van der Waals surface area contributed by atoms with Gasteiger partial charge in [-0.2, -0.15) is 5.10 Å². The normalized spacial score (nSPS) is 13.9. The Bertz CT molecular complexity index is 2050. The summed E-state index contributed by atoms with van der Waals surface area (Å²) >= 11 is 0. The fourth-order valence-corrected chi connectivity index (χ4v) is 5.88. The maximum absolute atomic E-state index is 14.8. The average molecular weight is 618 g/mol. The van der Waals surface area contributed by atoms with Crippen LogP contribution in [0.5, 0.6) is 5.75 Å². The average Bonchev–Trinajstić information content (AvgIpc) is 3.80. The zero-order chi connectivity index (χ0) is 31.8. The predicted molar refractivity (Wildman–Crippen MR) is 179 cm³/mol. The van der Waals surface area contributed by atoms with Crippen molar-refractivity contribution < 1.29 is 13.9 Å². The van der Waals surface area contributed by atoms with Crippen molar-refractivity contribution in [1.29, 1.82) is 0 Å². The first-order valence-electron chi connectivity index (χ1n) is 15.6. The molecule has 0 bridgehead atoms. The van der Waals surface area contributed by atoms with Gasteiger partial charge in [0.25, 0.3) is 0 Å². The summed E-state index contributed by atoms with van der Waals surface area (Å²) in [6.07, 6.45) is 7.54. The van der Waals surface area contributed by atoms with Crippen molar-refractivity contribution in [3.63, 3.8) is 0 Å². The van der Waals surface area contributed by atoms with E-state index in [9.17, 15) is 9.18 Å². The van der Waals surface area contributed by atoms with Gasteiger partial charge in [-0.1, -0.05) is 32.9 Å². The second-order valence-corrected chi connectivity index (χ2v) is 12.9. The van der Waals surface area contributed by atoms with Crippen LogP contribution in [0.25, 0.3) is 55.6 Å². The first-order chi connectivity index (χ1) is 22.2. The molecule has 1 aliphatic heterocycles. The summed E-state index contributed by atoms with van der Waals surface area (Å²) in [6, 6.07) is 16.7. The van der Waals surface area contributed by atoms with Crippen molar-refractivity contribution in [2.24, 2.45) is 5.41 Å². The van der Waals surface area contributed by atoms with Crippen molar-refractivity contribution in [2.75, 3.05) is 31.6 Å². The number of carbonyl (C=O) groups is 1. The van der Waals surface area contributed by atoms with Gasteiger partial charge < -0.3 is 15.0 Å². The van der Waals surface area contributed by atoms with Crippen LogP contribution in [0.4, 0.5) is 10.1 Å². The van der Waals surface area contributed by atoms with Gasteiger partial charge in [0.15, 0.2) is 0 Å². The van der Waals surface area contributed by atoms with Gasteiger partial charge in [-0.25, -0.2) is 4.39 Å². The van der Waals surface area contributed by atoms with Crippen LogP contribution in [0.15, 0.2) is 73.2 Å². The van der Waals surface area contributed by atoms with Crippen LogP contribution in [0.1, 0.15) is 33.6 Å². The number of hydrogen-bond acceptors (Lipinski definition) is 6. The number of ether oxygens (including phenoxy) is 1. The van der Waals surface area contributed by atoms with E-state index in [4.69, 9.17) is 4.74 Å². The number of hydrogen-bond donors (Lipinski definition) is 3. The molecular formula is C36H36FN7O2. The third kappa shape index (κ3) is 6.08. The lowest BCUT2D eigenvalue weighted by Crippen LogP contribution is -2.27. The minimum absolute atomic E-state index is 0.0929. The minimum atomic E-state index is -0.532. The maximum Gasteiger partial charge on any atom is 0.229 e. The summed E-state index contributed by atoms with van der Waals surface area (Å²) < 4.78 is 20.8. The van der Waals surface area contributed by atoms with Crippen molar-refractivity contribution in [2.45, 2.75) is 33.6 Å². The molecule has 0 aliphatic carbocycles. The molecule has 0 radical (unpaired) electrons. The number of pyridine rings is 2. The van der Waals surface area contributed by atoms with Gasteiger partial charge in [0.2, 0.25) is 5.91 Å². The quantitative estimate of drug-likeness (QED) is 0.164. The number of H-pyrrole nitrogens is 2. The first-order valence-corrected chi connectivity index (χ1v) is 15.6. The standard InChI is InChI=1S/C36H36FN7O2/c1-36(2,3)35(45)40-25-14-23(19-38-20-25)31-18-29-33(21-39-31)42-43-34(29)32-17-28-27(7-6-8-30(28)41-32)22-13-24(37)16-26(15-22)46-12-11-44-9-4-5-10-44/h6-8,13-21,41H,4-5,9-12H2,1-3H3,(H,40,45)(H,42,43). The third-order valence-corrected chi connectivity index (χ3v) is 8.40. The van der Waals surface area contributed by atoms with Crippen molar-refractivity contribution in [3.8, 4) is 39.5 Å². The zero-order valence-electron chi connectivity index (χ0n) is 26.2. The van der Waals surface area contributed by atoms with E-state index >= 15 is 0 Å². The Labute approximate surface area is 266 Å². The van der Waals surface area contributed by atoms with Gasteiger partial charge in [-0.05, 0) is 73.5 Å². The second kappa shape index (κ2) is 12.0. The van der Waals surface area contributed by atoms with E-state index in [1.165, 1.54) is 18.9 Å². The Hall–Kier alpha value is -5.09. The smallest absolute Gasteiger partial charge is 0.229 e. The fraction of sp³-hybridized carbons (Fsp3) is 0.278. The highest BCUT2D eigenvalue weighted by atomic mass is 19.1. The summed E-state index contributed by atoms with van der Waals surface area (Å²) in [7, 11) is 0. The van der Waals surface area contributed by atoms with E-state index < -0.39 is 5.41 Å². The molecule has 6 aromatic rings. The maximum atomic E-state index is 14.8. The number of rotatable bonds is 8. The van der Waals surface area contributed by atoms with Crippen LogP contribution in [-0.2, 0) is 4.79 Å². The number of nitrogens with one attached hydrogen (secondary N) is 3. The van der Waals surface area contributed by atoms with Gasteiger partial charge in [0.05, 0.1) is 35.0 Å². The number of anilines is 1. The Morgan fingerprint density at radius 1 is 0.978 bits per heavy atom. The molecule has 1 fully saturated rings. The lowest BCUT2D eigenvalue weighted by atomic mass is 9.95. The monoisotopic (exact) mass is 617 g/mol. The van der Waals surface area contributed by atoms with E-state index in [0.717, 1.165) is 69.5 Å². The molecule has 46 heavy (non-hydrogen) atoms. The highest BCUT2D eigenvalue weighted by molar-refractivity contribution is 6.01. The molecule has 1 amide bonds. The van der Waals surface area contributed by atoms with E-state index in [1.807, 2.05) is 63.2 Å². The number of aromatic amines is 2. The van der Waals surface area contributed by atoms with Crippen molar-refractivity contribution in [1.82, 2.24) is 30.0 Å². The number of likely N-dealkylation sites (tertiary alicyclic amines) is 1. The summed E-state index contributed by atoms with van der Waals surface area (Å²) in [5.74, 6) is 0.0952. The summed E-state index contributed by atoms with van der Waals surface area (Å²) in [6.45, 7) is 9.15. The largest absolute Gasteiger partial charge is 0.492 e. The molecule has 0 spiro atoms. The molecule has 4 aromatic heterocycles. The van der Waals surface area contributed by atoms with Gasteiger partial charge in [0.1, 0.15) is 23.9 Å². The molecule has 2 aromatic carbocycles. The second-order valence-electron chi connectivity index (χ2n) is 12.9. The number of fused-ring (bicyclic) bond motifs is 2. The molecule has 1 saturated heterocycles. The number of benzene rings is 2. The third-order valence-electron chi connectivity index (χ3n) is 8.40. The fourth-order valence-electron chi connectivity index (χ4n) is 5.88. The number of aromatic nitrogens is 5. The Morgan fingerprint density at radius 2 is 1.83 bits per heavy atom. The van der Waals surface area contributed by atoms with Crippen molar-refractivity contribution >= 4 is 33.4 Å². The molecule has 5 heterocycles. The molecule has 9 nitrogen and oxygen atoms in total. The van der Waals surface area contributed by atoms with Crippen molar-refractivity contribution in [3.05, 3.63) is 79.0 Å².